The van der Waals surface area contributed by atoms with Crippen LogP contribution >= 0.6 is 0 Å². The summed E-state index contributed by atoms with van der Waals surface area (Å²) in [5.41, 5.74) is 10.7. The lowest BCUT2D eigenvalue weighted by Crippen LogP contribution is -2.02. The van der Waals surface area contributed by atoms with E-state index in [1.807, 2.05) is 12.1 Å². The second kappa shape index (κ2) is 14.6. The fraction of sp³-hybridized carbons (Fsp3) is 0. The van der Waals surface area contributed by atoms with Gasteiger partial charge in [0.2, 0.25) is 0 Å². The highest BCUT2D eigenvalue weighted by atomic mass is 16.3. The number of hydrogen-bond donors (Lipinski definition) is 0. The normalized spacial score (nSPS) is 12.1. The van der Waals surface area contributed by atoms with Gasteiger partial charge in [-0.2, -0.15) is 0 Å². The Labute approximate surface area is 394 Å². The van der Waals surface area contributed by atoms with Gasteiger partial charge in [0.1, 0.15) is 11.2 Å². The molecular formula is C63H37N5O. The van der Waals surface area contributed by atoms with Gasteiger partial charge < -0.3 is 13.6 Å². The van der Waals surface area contributed by atoms with Gasteiger partial charge in [-0.1, -0.05) is 158 Å². The minimum atomic E-state index is 0.557. The Morgan fingerprint density at radius 1 is 0.275 bits per heavy atom. The quantitative estimate of drug-likeness (QED) is 0.173. The van der Waals surface area contributed by atoms with E-state index in [0.717, 1.165) is 93.6 Å². The third-order valence-electron chi connectivity index (χ3n) is 14.1. The van der Waals surface area contributed by atoms with Crippen LogP contribution < -0.4 is 0 Å². The molecule has 0 N–H and O–H groups in total. The van der Waals surface area contributed by atoms with Gasteiger partial charge >= 0.3 is 0 Å². The number of furan rings is 1. The minimum Gasteiger partial charge on any atom is -0.456 e. The fourth-order valence-electron chi connectivity index (χ4n) is 11.0. The highest BCUT2D eigenvalue weighted by molar-refractivity contribution is 6.19. The molecule has 0 atom stereocenters. The van der Waals surface area contributed by atoms with Crippen molar-refractivity contribution in [3.05, 3.63) is 224 Å². The van der Waals surface area contributed by atoms with Crippen molar-refractivity contribution in [1.29, 1.82) is 0 Å². The molecule has 0 bridgehead atoms. The summed E-state index contributed by atoms with van der Waals surface area (Å²) in [5.74, 6) is 1.74. The second-order valence-corrected chi connectivity index (χ2v) is 18.0. The first kappa shape index (κ1) is 37.8. The summed E-state index contributed by atoms with van der Waals surface area (Å²) in [4.78, 5) is 16.6. The summed E-state index contributed by atoms with van der Waals surface area (Å²) in [7, 11) is 0. The Hall–Kier alpha value is -9.39. The number of para-hydroxylation sites is 3. The largest absolute Gasteiger partial charge is 0.456 e. The first-order valence-electron chi connectivity index (χ1n) is 23.3. The second-order valence-electron chi connectivity index (χ2n) is 18.0. The lowest BCUT2D eigenvalue weighted by atomic mass is 10.0. The molecule has 4 aromatic heterocycles. The zero-order valence-corrected chi connectivity index (χ0v) is 37.0. The molecule has 0 aliphatic carbocycles. The molecule has 0 fully saturated rings. The van der Waals surface area contributed by atoms with E-state index < -0.39 is 0 Å². The molecule has 0 saturated heterocycles. The van der Waals surface area contributed by atoms with Crippen molar-refractivity contribution < 1.29 is 4.42 Å². The van der Waals surface area contributed by atoms with Crippen LogP contribution in [-0.2, 0) is 0 Å². The number of nitrogens with zero attached hydrogens (tertiary/aromatic N) is 5. The van der Waals surface area contributed by atoms with Crippen molar-refractivity contribution in [1.82, 2.24) is 24.1 Å². The van der Waals surface area contributed by atoms with Gasteiger partial charge in [-0.25, -0.2) is 15.0 Å². The van der Waals surface area contributed by atoms with Crippen molar-refractivity contribution >= 4 is 97.9 Å². The van der Waals surface area contributed by atoms with Crippen LogP contribution in [0.5, 0.6) is 0 Å². The molecule has 0 unspecified atom stereocenters. The van der Waals surface area contributed by atoms with Crippen molar-refractivity contribution in [2.24, 2.45) is 0 Å². The van der Waals surface area contributed by atoms with Gasteiger partial charge in [0, 0.05) is 60.8 Å². The first-order valence-corrected chi connectivity index (χ1v) is 23.3. The summed E-state index contributed by atoms with van der Waals surface area (Å²) < 4.78 is 11.6. The van der Waals surface area contributed by atoms with Crippen molar-refractivity contribution in [2.75, 3.05) is 0 Å². The average Bonchev–Trinajstić information content (AvgIpc) is 4.06. The number of aromatic nitrogens is 5. The topological polar surface area (TPSA) is 61.7 Å². The molecule has 0 radical (unpaired) electrons. The van der Waals surface area contributed by atoms with E-state index in [-0.39, 0.29) is 0 Å². The van der Waals surface area contributed by atoms with Crippen molar-refractivity contribution in [3.8, 4) is 45.5 Å². The summed E-state index contributed by atoms with van der Waals surface area (Å²) in [5, 5.41) is 13.4. The van der Waals surface area contributed by atoms with Gasteiger partial charge in [-0.05, 0) is 93.0 Å². The van der Waals surface area contributed by atoms with Crippen molar-refractivity contribution in [2.45, 2.75) is 0 Å². The van der Waals surface area contributed by atoms with E-state index in [9.17, 15) is 0 Å². The van der Waals surface area contributed by atoms with Gasteiger partial charge in [0.05, 0.1) is 27.8 Å². The van der Waals surface area contributed by atoms with Crippen LogP contribution in [0.15, 0.2) is 229 Å². The monoisotopic (exact) mass is 879 g/mol. The maximum absolute atomic E-state index is 6.87. The Bertz CT molecular complexity index is 4520. The standard InChI is InChI=1S/C63H37N5O/c1-2-22-43(23-3-1)67-53-29-12-10-25-47(53)59-49(28-15-30-54(59)67)62-64-61(46-27-14-21-38-16-8-9-24-45(38)46)65-63(66-62)52-36-44(37-58-60(52)48-26-11-13-31-57(48)69-58)68-55-34-41-19-6-4-17-39(41)32-50(55)51-33-40-18-5-7-20-42(40)35-56(51)68/h1-37H. The molecular weight excluding hydrogens is 843 g/mol. The molecule has 0 amide bonds. The lowest BCUT2D eigenvalue weighted by molar-refractivity contribution is 0.668. The number of hydrogen-bond acceptors (Lipinski definition) is 4. The molecule has 6 heteroatoms. The van der Waals surface area contributed by atoms with Crippen LogP contribution in [0.3, 0.4) is 0 Å². The summed E-state index contributed by atoms with van der Waals surface area (Å²) in [6, 6.07) is 79.7. The van der Waals surface area contributed by atoms with Crippen LogP contribution in [0.25, 0.3) is 143 Å². The minimum absolute atomic E-state index is 0.557. The van der Waals surface area contributed by atoms with Crippen molar-refractivity contribution in [3.63, 3.8) is 0 Å². The smallest absolute Gasteiger partial charge is 0.164 e. The van der Waals surface area contributed by atoms with Crippen LogP contribution in [-0.4, -0.2) is 24.1 Å². The van der Waals surface area contributed by atoms with E-state index in [2.05, 4.69) is 221 Å². The molecule has 11 aromatic carbocycles. The van der Waals surface area contributed by atoms with E-state index >= 15 is 0 Å². The lowest BCUT2D eigenvalue weighted by Gasteiger charge is -2.14. The maximum atomic E-state index is 6.87. The molecule has 0 aliphatic rings. The van der Waals surface area contributed by atoms with Crippen LogP contribution in [0.2, 0.25) is 0 Å². The SMILES string of the molecule is c1ccc(-n2c3ccccc3c3c(-c4nc(-c5cccc6ccccc56)nc(-c5cc(-n6c7cc8ccccc8cc7c7cc8ccccc8cc76)cc6oc7ccccc7c56)n4)cccc32)cc1. The summed E-state index contributed by atoms with van der Waals surface area (Å²) in [6.45, 7) is 0. The third-order valence-corrected chi connectivity index (χ3v) is 14.1. The zero-order chi connectivity index (χ0) is 45.2. The highest BCUT2D eigenvalue weighted by Gasteiger charge is 2.24. The Kier molecular flexibility index (Phi) is 7.97. The maximum Gasteiger partial charge on any atom is 0.164 e. The number of rotatable bonds is 5. The van der Waals surface area contributed by atoms with E-state index in [4.69, 9.17) is 19.4 Å². The zero-order valence-electron chi connectivity index (χ0n) is 37.0. The predicted octanol–water partition coefficient (Wildman–Crippen LogP) is 16.4. The fourth-order valence-corrected chi connectivity index (χ4v) is 11.0. The summed E-state index contributed by atoms with van der Waals surface area (Å²) >= 11 is 0. The molecule has 69 heavy (non-hydrogen) atoms. The third kappa shape index (κ3) is 5.69. The van der Waals surface area contributed by atoms with E-state index in [1.165, 1.54) is 32.3 Å². The Morgan fingerprint density at radius 2 is 0.783 bits per heavy atom. The number of benzene rings is 11. The molecule has 15 aromatic rings. The van der Waals surface area contributed by atoms with E-state index in [0.29, 0.717) is 17.5 Å². The molecule has 0 aliphatic heterocycles. The van der Waals surface area contributed by atoms with Crippen LogP contribution in [0, 0.1) is 0 Å². The van der Waals surface area contributed by atoms with Crippen LogP contribution in [0.4, 0.5) is 0 Å². The Morgan fingerprint density at radius 3 is 1.51 bits per heavy atom. The molecule has 4 heterocycles. The number of fused-ring (bicyclic) bond motifs is 12. The molecule has 0 spiro atoms. The molecule has 320 valence electrons. The summed E-state index contributed by atoms with van der Waals surface area (Å²) in [6.07, 6.45) is 0. The Balaban J connectivity index is 1.07. The van der Waals surface area contributed by atoms with Gasteiger partial charge in [0.25, 0.3) is 0 Å². The van der Waals surface area contributed by atoms with Gasteiger partial charge in [-0.3, -0.25) is 0 Å². The van der Waals surface area contributed by atoms with Crippen LogP contribution in [0.1, 0.15) is 0 Å². The van der Waals surface area contributed by atoms with E-state index in [1.54, 1.807) is 0 Å². The molecule has 6 nitrogen and oxygen atoms in total. The first-order chi connectivity index (χ1) is 34.2. The van der Waals surface area contributed by atoms with Gasteiger partial charge in [-0.15, -0.1) is 0 Å². The molecule has 15 rings (SSSR count). The molecule has 0 saturated carbocycles. The predicted molar refractivity (Wildman–Crippen MR) is 285 cm³/mol. The van der Waals surface area contributed by atoms with Gasteiger partial charge in [0.15, 0.2) is 17.5 Å². The highest BCUT2D eigenvalue weighted by Crippen LogP contribution is 2.44. The average molecular weight is 880 g/mol.